The van der Waals surface area contributed by atoms with Crippen molar-refractivity contribution in [2.75, 3.05) is 10.2 Å². The second-order valence-corrected chi connectivity index (χ2v) is 9.60. The summed E-state index contributed by atoms with van der Waals surface area (Å²) in [6.07, 6.45) is 0. The minimum absolute atomic E-state index is 1.06. The first kappa shape index (κ1) is 22.1. The number of nitrogens with one attached hydrogen (secondary N) is 1. The molecule has 1 N–H and O–H groups in total. The Morgan fingerprint density at radius 2 is 0.868 bits per heavy atom. The molecule has 0 unspecified atom stereocenters. The molecule has 0 fully saturated rings. The zero-order valence-electron chi connectivity index (χ0n) is 20.9. The molecule has 2 nitrogen and oxygen atoms in total. The molecule has 0 saturated carbocycles. The fourth-order valence-electron chi connectivity index (χ4n) is 5.26. The Balaban J connectivity index is 1.30. The molecule has 7 aromatic rings. The molecule has 0 atom stereocenters. The monoisotopic (exact) mass is 486 g/mol. The summed E-state index contributed by atoms with van der Waals surface area (Å²) >= 11 is 0. The number of rotatable bonds is 5. The largest absolute Gasteiger partial charge is 0.355 e. The van der Waals surface area contributed by atoms with Crippen molar-refractivity contribution in [2.45, 2.75) is 0 Å². The quantitative estimate of drug-likeness (QED) is 0.260. The second-order valence-electron chi connectivity index (χ2n) is 9.60. The number of nitrogens with zero attached hydrogens (tertiary/aromatic N) is 1. The van der Waals surface area contributed by atoms with E-state index in [1.807, 2.05) is 0 Å². The van der Waals surface area contributed by atoms with Crippen LogP contribution in [0.25, 0.3) is 32.3 Å². The molecule has 0 spiro atoms. The smallest absolute Gasteiger partial charge is 0.0468 e. The topological polar surface area (TPSA) is 15.3 Å². The van der Waals surface area contributed by atoms with E-state index in [1.54, 1.807) is 0 Å². The van der Waals surface area contributed by atoms with Crippen LogP contribution in [0.3, 0.4) is 0 Å². The Kier molecular flexibility index (Phi) is 5.49. The predicted molar refractivity (Wildman–Crippen MR) is 163 cm³/mol. The van der Waals surface area contributed by atoms with E-state index >= 15 is 0 Å². The molecule has 0 bridgehead atoms. The number of hydrogen-bond acceptors (Lipinski definition) is 2. The molecule has 0 aliphatic heterocycles. The van der Waals surface area contributed by atoms with Gasteiger partial charge < -0.3 is 10.2 Å². The van der Waals surface area contributed by atoms with Gasteiger partial charge in [-0.2, -0.15) is 0 Å². The zero-order chi connectivity index (χ0) is 25.3. The van der Waals surface area contributed by atoms with Crippen molar-refractivity contribution in [3.8, 4) is 0 Å². The van der Waals surface area contributed by atoms with Crippen LogP contribution in [0.15, 0.2) is 152 Å². The summed E-state index contributed by atoms with van der Waals surface area (Å²) < 4.78 is 0. The number of hydrogen-bond donors (Lipinski definition) is 1. The third kappa shape index (κ3) is 4.12. The van der Waals surface area contributed by atoms with Gasteiger partial charge >= 0.3 is 0 Å². The van der Waals surface area contributed by atoms with Crippen molar-refractivity contribution in [2.24, 2.45) is 0 Å². The molecular weight excluding hydrogens is 460 g/mol. The van der Waals surface area contributed by atoms with Crippen LogP contribution in [0.4, 0.5) is 28.4 Å². The molecule has 0 aliphatic rings. The van der Waals surface area contributed by atoms with Gasteiger partial charge in [-0.1, -0.05) is 97.1 Å². The van der Waals surface area contributed by atoms with Crippen molar-refractivity contribution in [3.63, 3.8) is 0 Å². The van der Waals surface area contributed by atoms with E-state index in [4.69, 9.17) is 0 Å². The highest BCUT2D eigenvalue weighted by atomic mass is 15.1. The minimum atomic E-state index is 1.06. The standard InChI is InChI=1S/C36H26N2/c1-3-11-29-24-33(20-16-26(29)8-1)38(34-21-17-27-9-2-4-12-30(27)25-34)32-22-18-31(19-23-32)37-36-15-7-13-28-10-5-6-14-35(28)36/h1-25,37H. The maximum absolute atomic E-state index is 3.62. The van der Waals surface area contributed by atoms with E-state index in [0.29, 0.717) is 0 Å². The first-order valence-corrected chi connectivity index (χ1v) is 12.9. The van der Waals surface area contributed by atoms with E-state index in [0.717, 1.165) is 28.4 Å². The first-order chi connectivity index (χ1) is 18.8. The van der Waals surface area contributed by atoms with Gasteiger partial charge in [-0.25, -0.2) is 0 Å². The van der Waals surface area contributed by atoms with Crippen molar-refractivity contribution in [1.29, 1.82) is 0 Å². The third-order valence-electron chi connectivity index (χ3n) is 7.18. The van der Waals surface area contributed by atoms with Crippen LogP contribution in [0.2, 0.25) is 0 Å². The van der Waals surface area contributed by atoms with Gasteiger partial charge in [0.25, 0.3) is 0 Å². The van der Waals surface area contributed by atoms with Gasteiger partial charge in [-0.05, 0) is 81.5 Å². The Bertz CT molecular complexity index is 1820. The van der Waals surface area contributed by atoms with Gasteiger partial charge in [0.2, 0.25) is 0 Å². The molecule has 180 valence electrons. The molecule has 7 rings (SSSR count). The average Bonchev–Trinajstić information content (AvgIpc) is 2.98. The zero-order valence-corrected chi connectivity index (χ0v) is 20.9. The lowest BCUT2D eigenvalue weighted by molar-refractivity contribution is 1.29. The van der Waals surface area contributed by atoms with Gasteiger partial charge in [0.05, 0.1) is 0 Å². The average molecular weight is 487 g/mol. The van der Waals surface area contributed by atoms with E-state index in [1.165, 1.54) is 32.3 Å². The maximum Gasteiger partial charge on any atom is 0.0468 e. The van der Waals surface area contributed by atoms with Crippen LogP contribution >= 0.6 is 0 Å². The van der Waals surface area contributed by atoms with Gasteiger partial charge in [-0.15, -0.1) is 0 Å². The first-order valence-electron chi connectivity index (χ1n) is 12.9. The molecule has 38 heavy (non-hydrogen) atoms. The van der Waals surface area contributed by atoms with E-state index in [9.17, 15) is 0 Å². The van der Waals surface area contributed by atoms with E-state index < -0.39 is 0 Å². The van der Waals surface area contributed by atoms with Gasteiger partial charge in [0.15, 0.2) is 0 Å². The highest BCUT2D eigenvalue weighted by Crippen LogP contribution is 2.38. The molecule has 0 aliphatic carbocycles. The Labute approximate surface area is 222 Å². The van der Waals surface area contributed by atoms with E-state index in [2.05, 4.69) is 162 Å². The fraction of sp³-hybridized carbons (Fsp3) is 0. The second kappa shape index (κ2) is 9.42. The summed E-state index contributed by atoms with van der Waals surface area (Å²) in [5.41, 5.74) is 5.54. The third-order valence-corrected chi connectivity index (χ3v) is 7.18. The van der Waals surface area contributed by atoms with Crippen LogP contribution in [0, 0.1) is 0 Å². The van der Waals surface area contributed by atoms with Crippen molar-refractivity contribution >= 4 is 60.8 Å². The summed E-state index contributed by atoms with van der Waals surface area (Å²) in [7, 11) is 0. The number of benzene rings is 7. The lowest BCUT2D eigenvalue weighted by Gasteiger charge is -2.26. The minimum Gasteiger partial charge on any atom is -0.355 e. The van der Waals surface area contributed by atoms with Crippen molar-refractivity contribution < 1.29 is 0 Å². The number of fused-ring (bicyclic) bond motifs is 3. The Morgan fingerprint density at radius 3 is 1.50 bits per heavy atom. The van der Waals surface area contributed by atoms with Gasteiger partial charge in [0.1, 0.15) is 0 Å². The molecule has 2 heteroatoms. The van der Waals surface area contributed by atoms with Gasteiger partial charge in [-0.3, -0.25) is 0 Å². The van der Waals surface area contributed by atoms with Crippen LogP contribution in [-0.2, 0) is 0 Å². The van der Waals surface area contributed by atoms with Crippen LogP contribution in [0.1, 0.15) is 0 Å². The van der Waals surface area contributed by atoms with Crippen LogP contribution in [-0.4, -0.2) is 0 Å². The highest BCUT2D eigenvalue weighted by Gasteiger charge is 2.14. The molecule has 0 radical (unpaired) electrons. The molecule has 0 amide bonds. The molecule has 0 aromatic heterocycles. The number of anilines is 5. The van der Waals surface area contributed by atoms with Crippen molar-refractivity contribution in [3.05, 3.63) is 152 Å². The lowest BCUT2D eigenvalue weighted by atomic mass is 10.1. The van der Waals surface area contributed by atoms with Crippen LogP contribution < -0.4 is 10.2 Å². The fourth-order valence-corrected chi connectivity index (χ4v) is 5.26. The summed E-state index contributed by atoms with van der Waals surface area (Å²) in [6.45, 7) is 0. The molecular formula is C36H26N2. The van der Waals surface area contributed by atoms with E-state index in [-0.39, 0.29) is 0 Å². The molecule has 0 saturated heterocycles. The highest BCUT2D eigenvalue weighted by molar-refractivity contribution is 5.96. The Morgan fingerprint density at radius 1 is 0.368 bits per heavy atom. The van der Waals surface area contributed by atoms with Crippen LogP contribution in [0.5, 0.6) is 0 Å². The summed E-state index contributed by atoms with van der Waals surface area (Å²) in [5, 5.41) is 11.0. The SMILES string of the molecule is c1ccc2cc(N(c3ccc(Nc4cccc5ccccc45)cc3)c3ccc4ccccc4c3)ccc2c1. The molecule has 7 aromatic carbocycles. The lowest BCUT2D eigenvalue weighted by Crippen LogP contribution is -2.10. The Hall–Kier alpha value is -5.08. The summed E-state index contributed by atoms with van der Waals surface area (Å²) in [6, 6.07) is 54.0. The molecule has 0 heterocycles. The maximum atomic E-state index is 3.62. The summed E-state index contributed by atoms with van der Waals surface area (Å²) in [5.74, 6) is 0. The summed E-state index contributed by atoms with van der Waals surface area (Å²) in [4.78, 5) is 2.33. The van der Waals surface area contributed by atoms with Crippen molar-refractivity contribution in [1.82, 2.24) is 0 Å². The predicted octanol–water partition coefficient (Wildman–Crippen LogP) is 10.4. The normalized spacial score (nSPS) is 11.2. The van der Waals surface area contributed by atoms with Gasteiger partial charge in [0, 0.05) is 33.8 Å².